The van der Waals surface area contributed by atoms with Gasteiger partial charge in [0.2, 0.25) is 5.44 Å². The Balaban J connectivity index is 1.67. The lowest BCUT2D eigenvalue weighted by atomic mass is 10.2. The molecule has 0 atom stereocenters. The van der Waals surface area contributed by atoms with Crippen LogP contribution < -0.4 is 21.3 Å². The van der Waals surface area contributed by atoms with E-state index in [9.17, 15) is 0 Å². The number of thioether (sulfide) groups is 1. The van der Waals surface area contributed by atoms with Gasteiger partial charge < -0.3 is 4.98 Å². The first kappa shape index (κ1) is 23.9. The van der Waals surface area contributed by atoms with Crippen LogP contribution in [0.5, 0.6) is 0 Å². The van der Waals surface area contributed by atoms with Crippen LogP contribution in [0.25, 0.3) is 0 Å². The number of rotatable bonds is 7. The maximum Gasteiger partial charge on any atom is 0.219 e. The number of aryl methyl sites for hydroxylation is 2. The van der Waals surface area contributed by atoms with Crippen LogP contribution in [0.1, 0.15) is 16.8 Å². The van der Waals surface area contributed by atoms with E-state index in [0.717, 1.165) is 27.1 Å². The van der Waals surface area contributed by atoms with Gasteiger partial charge in [-0.3, -0.25) is 0 Å². The zero-order valence-electron chi connectivity index (χ0n) is 19.8. The SMILES string of the molecule is Cc1ccc([P+](c2ccccc2)(c2ccccc2)c2nc(SCc3ccc(Cl)cc3)[nH]c2C)cc1. The van der Waals surface area contributed by atoms with Crippen molar-refractivity contribution in [2.24, 2.45) is 0 Å². The molecule has 2 nitrogen and oxygen atoms in total. The number of aromatic nitrogens is 2. The van der Waals surface area contributed by atoms with Crippen molar-refractivity contribution in [3.8, 4) is 0 Å². The largest absolute Gasteiger partial charge is 0.334 e. The third-order valence-corrected chi connectivity index (χ3v) is 11.6. The summed E-state index contributed by atoms with van der Waals surface area (Å²) in [5, 5.41) is 5.62. The second kappa shape index (κ2) is 10.4. The van der Waals surface area contributed by atoms with Crippen molar-refractivity contribution in [3.63, 3.8) is 0 Å². The number of aromatic amines is 1. The summed E-state index contributed by atoms with van der Waals surface area (Å²) >= 11 is 7.79. The summed E-state index contributed by atoms with van der Waals surface area (Å²) in [5.74, 6) is 0.830. The zero-order chi connectivity index (χ0) is 24.3. The maximum atomic E-state index is 6.07. The molecule has 5 rings (SSSR count). The summed E-state index contributed by atoms with van der Waals surface area (Å²) < 4.78 is 0. The first-order valence-electron chi connectivity index (χ1n) is 11.6. The summed E-state index contributed by atoms with van der Waals surface area (Å²) in [5.41, 5.74) is 4.73. The molecule has 0 amide bonds. The van der Waals surface area contributed by atoms with Gasteiger partial charge in [-0.15, -0.1) is 0 Å². The number of nitrogens with zero attached hydrogens (tertiary/aromatic N) is 1. The molecule has 0 spiro atoms. The molecular formula is C30H27ClN2PS+. The van der Waals surface area contributed by atoms with E-state index in [4.69, 9.17) is 16.6 Å². The molecule has 174 valence electrons. The highest BCUT2D eigenvalue weighted by Crippen LogP contribution is 2.54. The fourth-order valence-corrected chi connectivity index (χ4v) is 9.78. The minimum absolute atomic E-state index is 0.758. The van der Waals surface area contributed by atoms with Crippen LogP contribution in [0.2, 0.25) is 5.02 Å². The van der Waals surface area contributed by atoms with Crippen molar-refractivity contribution in [2.75, 3.05) is 0 Å². The van der Waals surface area contributed by atoms with Crippen LogP contribution >= 0.6 is 30.6 Å². The molecule has 0 saturated heterocycles. The second-order valence-corrected chi connectivity index (χ2v) is 13.3. The Morgan fingerprint density at radius 1 is 0.714 bits per heavy atom. The van der Waals surface area contributed by atoms with E-state index in [0.29, 0.717) is 0 Å². The second-order valence-electron chi connectivity index (χ2n) is 8.58. The van der Waals surface area contributed by atoms with E-state index >= 15 is 0 Å². The monoisotopic (exact) mass is 513 g/mol. The van der Waals surface area contributed by atoms with Gasteiger partial charge in [-0.1, -0.05) is 89.6 Å². The van der Waals surface area contributed by atoms with Gasteiger partial charge in [0.1, 0.15) is 15.9 Å². The summed E-state index contributed by atoms with van der Waals surface area (Å²) in [4.78, 5) is 8.90. The molecule has 1 N–H and O–H groups in total. The van der Waals surface area contributed by atoms with E-state index in [2.05, 4.69) is 116 Å². The van der Waals surface area contributed by atoms with Crippen molar-refractivity contribution in [3.05, 3.63) is 131 Å². The molecule has 0 fully saturated rings. The average Bonchev–Trinajstić information content (AvgIpc) is 3.27. The summed E-state index contributed by atoms with van der Waals surface area (Å²) in [6, 6.07) is 38.8. The molecule has 35 heavy (non-hydrogen) atoms. The molecule has 0 bridgehead atoms. The number of nitrogens with one attached hydrogen (secondary N) is 1. The van der Waals surface area contributed by atoms with E-state index in [1.807, 2.05) is 12.1 Å². The van der Waals surface area contributed by atoms with Crippen LogP contribution in [-0.2, 0) is 5.75 Å². The molecule has 4 aromatic carbocycles. The van der Waals surface area contributed by atoms with Crippen molar-refractivity contribution in [1.29, 1.82) is 0 Å². The standard InChI is InChI=1S/C30H27ClN2PS/c1-22-13-19-28(20-14-22)34(26-9-5-3-6-10-26,27-11-7-4-8-12-27)29-23(2)32-30(33-29)35-21-24-15-17-25(31)18-16-24/h3-20H,21H2,1-2H3,(H,32,33)/q+1. The summed E-state index contributed by atoms with van der Waals surface area (Å²) in [7, 11) is -2.22. The van der Waals surface area contributed by atoms with E-state index in [1.165, 1.54) is 27.0 Å². The Morgan fingerprint density at radius 3 is 1.83 bits per heavy atom. The summed E-state index contributed by atoms with van der Waals surface area (Å²) in [6.45, 7) is 4.30. The van der Waals surface area contributed by atoms with Gasteiger partial charge in [0, 0.05) is 10.8 Å². The van der Waals surface area contributed by atoms with Gasteiger partial charge in [-0.05, 0) is 67.9 Å². The third kappa shape index (κ3) is 4.82. The molecule has 0 aliphatic heterocycles. The van der Waals surface area contributed by atoms with Gasteiger partial charge in [0.25, 0.3) is 0 Å². The number of H-pyrrole nitrogens is 1. The number of hydrogen-bond donors (Lipinski definition) is 1. The predicted molar refractivity (Wildman–Crippen MR) is 154 cm³/mol. The molecule has 5 heteroatoms. The van der Waals surface area contributed by atoms with Gasteiger partial charge in [0.05, 0.1) is 5.69 Å². The lowest BCUT2D eigenvalue weighted by Crippen LogP contribution is -2.40. The number of halogens is 1. The smallest absolute Gasteiger partial charge is 0.219 e. The zero-order valence-corrected chi connectivity index (χ0v) is 22.2. The van der Waals surface area contributed by atoms with Crippen molar-refractivity contribution in [1.82, 2.24) is 9.97 Å². The normalized spacial score (nSPS) is 11.5. The van der Waals surface area contributed by atoms with Crippen LogP contribution in [0, 0.1) is 13.8 Å². The van der Waals surface area contributed by atoms with Crippen LogP contribution in [0.4, 0.5) is 0 Å². The van der Waals surface area contributed by atoms with Crippen molar-refractivity contribution < 1.29 is 0 Å². The first-order valence-corrected chi connectivity index (χ1v) is 14.7. The quantitative estimate of drug-likeness (QED) is 0.196. The highest BCUT2D eigenvalue weighted by molar-refractivity contribution is 8.01. The van der Waals surface area contributed by atoms with Gasteiger partial charge in [-0.25, -0.2) is 0 Å². The van der Waals surface area contributed by atoms with Crippen molar-refractivity contribution >= 4 is 52.0 Å². The fourth-order valence-electron chi connectivity index (χ4n) is 4.44. The van der Waals surface area contributed by atoms with Gasteiger partial charge >= 0.3 is 0 Å². The van der Waals surface area contributed by atoms with Gasteiger partial charge in [0.15, 0.2) is 12.4 Å². The van der Waals surface area contributed by atoms with Gasteiger partial charge in [-0.2, -0.15) is 4.98 Å². The molecule has 5 aromatic rings. The van der Waals surface area contributed by atoms with E-state index in [-0.39, 0.29) is 0 Å². The molecular weight excluding hydrogens is 487 g/mol. The Kier molecular flexibility index (Phi) is 7.11. The molecule has 0 saturated carbocycles. The molecule has 1 heterocycles. The van der Waals surface area contributed by atoms with E-state index < -0.39 is 7.26 Å². The molecule has 0 radical (unpaired) electrons. The number of hydrogen-bond acceptors (Lipinski definition) is 2. The maximum absolute atomic E-state index is 6.07. The lowest BCUT2D eigenvalue weighted by Gasteiger charge is -2.26. The highest BCUT2D eigenvalue weighted by Gasteiger charge is 2.51. The number of benzene rings is 4. The summed E-state index contributed by atoms with van der Waals surface area (Å²) in [6.07, 6.45) is 0. The molecule has 0 aliphatic carbocycles. The average molecular weight is 514 g/mol. The van der Waals surface area contributed by atoms with Crippen LogP contribution in [0.3, 0.4) is 0 Å². The van der Waals surface area contributed by atoms with Crippen LogP contribution in [0.15, 0.2) is 114 Å². The minimum Gasteiger partial charge on any atom is -0.334 e. The molecule has 1 aromatic heterocycles. The Bertz CT molecular complexity index is 1360. The molecule has 0 aliphatic rings. The minimum atomic E-state index is -2.22. The van der Waals surface area contributed by atoms with E-state index in [1.54, 1.807) is 11.8 Å². The third-order valence-electron chi connectivity index (χ3n) is 6.15. The molecule has 0 unspecified atom stereocenters. The Hall–Kier alpha value is -2.84. The first-order chi connectivity index (χ1) is 17.1. The Labute approximate surface area is 217 Å². The van der Waals surface area contributed by atoms with Crippen LogP contribution in [-0.4, -0.2) is 9.97 Å². The lowest BCUT2D eigenvalue weighted by molar-refractivity contribution is 1.04. The Morgan fingerprint density at radius 2 is 1.26 bits per heavy atom. The van der Waals surface area contributed by atoms with Crippen molar-refractivity contribution in [2.45, 2.75) is 24.8 Å². The highest BCUT2D eigenvalue weighted by atomic mass is 35.5. The fraction of sp³-hybridized carbons (Fsp3) is 0.100. The number of imidazole rings is 1. The predicted octanol–water partition coefficient (Wildman–Crippen LogP) is 6.59. The topological polar surface area (TPSA) is 28.7 Å².